The molecule has 2 aliphatic rings. The molecule has 0 spiro atoms. The van der Waals surface area contributed by atoms with Gasteiger partial charge in [-0.3, -0.25) is 9.59 Å². The third kappa shape index (κ3) is 5.56. The normalized spacial score (nSPS) is 20.5. The van der Waals surface area contributed by atoms with Crippen LogP contribution in [-0.2, 0) is 16.0 Å². The minimum atomic E-state index is -0.910. The Kier molecular flexibility index (Phi) is 5.74. The molecule has 1 atom stereocenters. The van der Waals surface area contributed by atoms with E-state index in [1.54, 1.807) is 0 Å². The predicted octanol–water partition coefficient (Wildman–Crippen LogP) is 2.08. The van der Waals surface area contributed by atoms with Crippen molar-refractivity contribution in [2.45, 2.75) is 75.5 Å². The van der Waals surface area contributed by atoms with Crippen LogP contribution in [-0.4, -0.2) is 34.6 Å². The molecule has 25 heavy (non-hydrogen) atoms. The van der Waals surface area contributed by atoms with Crippen molar-refractivity contribution >= 4 is 11.8 Å². The highest BCUT2D eigenvalue weighted by atomic mass is 16.3. The highest BCUT2D eigenvalue weighted by Crippen LogP contribution is 2.30. The van der Waals surface area contributed by atoms with E-state index in [9.17, 15) is 14.7 Å². The average molecular weight is 344 g/mol. The summed E-state index contributed by atoms with van der Waals surface area (Å²) in [4.78, 5) is 25.0. The zero-order chi connectivity index (χ0) is 17.7. The van der Waals surface area contributed by atoms with Gasteiger partial charge in [-0.15, -0.1) is 0 Å². The summed E-state index contributed by atoms with van der Waals surface area (Å²) in [5.41, 5.74) is 0.0993. The molecule has 1 aromatic carbocycles. The number of nitrogens with one attached hydrogen (secondary N) is 2. The van der Waals surface area contributed by atoms with Gasteiger partial charge < -0.3 is 15.7 Å². The fourth-order valence-corrected chi connectivity index (χ4v) is 3.52. The van der Waals surface area contributed by atoms with Crippen LogP contribution in [0.5, 0.6) is 0 Å². The molecule has 2 fully saturated rings. The number of carbonyl (C=O) groups excluding carboxylic acids is 2. The molecule has 0 radical (unpaired) electrons. The largest absolute Gasteiger partial charge is 0.389 e. The maximum absolute atomic E-state index is 12.5. The Labute approximate surface area is 149 Å². The summed E-state index contributed by atoms with van der Waals surface area (Å²) >= 11 is 0. The number of rotatable bonds is 7. The van der Waals surface area contributed by atoms with Crippen LogP contribution in [0.25, 0.3) is 0 Å². The summed E-state index contributed by atoms with van der Waals surface area (Å²) in [6.45, 7) is 0. The van der Waals surface area contributed by atoms with E-state index in [4.69, 9.17) is 0 Å². The molecule has 2 amide bonds. The van der Waals surface area contributed by atoms with E-state index < -0.39 is 11.6 Å². The van der Waals surface area contributed by atoms with Crippen LogP contribution < -0.4 is 10.6 Å². The van der Waals surface area contributed by atoms with E-state index in [1.165, 1.54) is 0 Å². The van der Waals surface area contributed by atoms with Crippen LogP contribution in [0, 0.1) is 0 Å². The summed E-state index contributed by atoms with van der Waals surface area (Å²) < 4.78 is 0. The monoisotopic (exact) mass is 344 g/mol. The standard InChI is InChI=1S/C20H28N2O3/c23-18(14-20(25)11-5-2-6-12-20)22-17(19(24)21-16-9-10-16)13-15-7-3-1-4-8-15/h1,3-4,7-8,16-17,25H,2,5-6,9-14H2,(H,21,24)(H,22,23). The predicted molar refractivity (Wildman–Crippen MR) is 95.9 cm³/mol. The number of hydrogen-bond acceptors (Lipinski definition) is 3. The van der Waals surface area contributed by atoms with E-state index in [-0.39, 0.29) is 24.3 Å². The Morgan fingerprint density at radius 3 is 2.44 bits per heavy atom. The lowest BCUT2D eigenvalue weighted by atomic mass is 9.82. The van der Waals surface area contributed by atoms with Gasteiger partial charge in [-0.05, 0) is 31.2 Å². The number of hydrogen-bond donors (Lipinski definition) is 3. The van der Waals surface area contributed by atoms with E-state index in [1.807, 2.05) is 30.3 Å². The highest BCUT2D eigenvalue weighted by molar-refractivity contribution is 5.88. The molecule has 2 saturated carbocycles. The maximum Gasteiger partial charge on any atom is 0.243 e. The fourth-order valence-electron chi connectivity index (χ4n) is 3.52. The van der Waals surface area contributed by atoms with Crippen molar-refractivity contribution in [1.82, 2.24) is 10.6 Å². The van der Waals surface area contributed by atoms with E-state index >= 15 is 0 Å². The average Bonchev–Trinajstić information content (AvgIpc) is 3.39. The van der Waals surface area contributed by atoms with Gasteiger partial charge in [0.25, 0.3) is 0 Å². The minimum absolute atomic E-state index is 0.0784. The van der Waals surface area contributed by atoms with Gasteiger partial charge in [0.15, 0.2) is 0 Å². The summed E-state index contributed by atoms with van der Waals surface area (Å²) in [6, 6.07) is 9.36. The zero-order valence-corrected chi connectivity index (χ0v) is 14.7. The summed E-state index contributed by atoms with van der Waals surface area (Å²) in [7, 11) is 0. The third-order valence-electron chi connectivity index (χ3n) is 5.13. The summed E-state index contributed by atoms with van der Waals surface area (Å²) in [6.07, 6.45) is 6.92. The Morgan fingerprint density at radius 2 is 1.80 bits per heavy atom. The first kappa shape index (κ1) is 17.9. The van der Waals surface area contributed by atoms with Crippen molar-refractivity contribution in [3.63, 3.8) is 0 Å². The molecule has 1 aromatic rings. The van der Waals surface area contributed by atoms with Gasteiger partial charge in [0.05, 0.1) is 12.0 Å². The molecule has 0 saturated heterocycles. The molecule has 5 heteroatoms. The molecule has 1 unspecified atom stereocenters. The Bertz CT molecular complexity index is 592. The zero-order valence-electron chi connectivity index (χ0n) is 14.7. The van der Waals surface area contributed by atoms with E-state index in [0.29, 0.717) is 19.3 Å². The second-order valence-corrected chi connectivity index (χ2v) is 7.55. The lowest BCUT2D eigenvalue weighted by Gasteiger charge is -2.32. The number of carbonyl (C=O) groups is 2. The molecule has 0 aromatic heterocycles. The van der Waals surface area contributed by atoms with Crippen molar-refractivity contribution in [3.05, 3.63) is 35.9 Å². The number of benzene rings is 1. The second kappa shape index (κ2) is 8.00. The van der Waals surface area contributed by atoms with Gasteiger partial charge in [0.2, 0.25) is 11.8 Å². The Balaban J connectivity index is 1.61. The molecule has 3 rings (SSSR count). The van der Waals surface area contributed by atoms with Gasteiger partial charge in [-0.1, -0.05) is 49.6 Å². The van der Waals surface area contributed by atoms with Gasteiger partial charge in [-0.25, -0.2) is 0 Å². The maximum atomic E-state index is 12.5. The van der Waals surface area contributed by atoms with E-state index in [2.05, 4.69) is 10.6 Å². The second-order valence-electron chi connectivity index (χ2n) is 7.55. The third-order valence-corrected chi connectivity index (χ3v) is 5.13. The van der Waals surface area contributed by atoms with Crippen LogP contribution in [0.2, 0.25) is 0 Å². The van der Waals surface area contributed by atoms with Crippen molar-refractivity contribution in [2.75, 3.05) is 0 Å². The quantitative estimate of drug-likeness (QED) is 0.709. The van der Waals surface area contributed by atoms with Gasteiger partial charge in [0, 0.05) is 12.5 Å². The van der Waals surface area contributed by atoms with E-state index in [0.717, 1.165) is 37.7 Å². The smallest absolute Gasteiger partial charge is 0.243 e. The van der Waals surface area contributed by atoms with Crippen LogP contribution in [0.15, 0.2) is 30.3 Å². The number of aliphatic hydroxyl groups is 1. The van der Waals surface area contributed by atoms with Crippen molar-refractivity contribution in [1.29, 1.82) is 0 Å². The fraction of sp³-hybridized carbons (Fsp3) is 0.600. The first-order valence-corrected chi connectivity index (χ1v) is 9.40. The van der Waals surface area contributed by atoms with Gasteiger partial charge >= 0.3 is 0 Å². The van der Waals surface area contributed by atoms with Crippen LogP contribution in [0.1, 0.15) is 56.9 Å². The molecule has 0 bridgehead atoms. The van der Waals surface area contributed by atoms with Crippen molar-refractivity contribution in [3.8, 4) is 0 Å². The van der Waals surface area contributed by atoms with Crippen molar-refractivity contribution < 1.29 is 14.7 Å². The van der Waals surface area contributed by atoms with Crippen LogP contribution in [0.3, 0.4) is 0 Å². The Hall–Kier alpha value is -1.88. The molecule has 0 aliphatic heterocycles. The molecule has 2 aliphatic carbocycles. The molecule has 0 heterocycles. The molecule has 3 N–H and O–H groups in total. The molecule has 136 valence electrons. The Morgan fingerprint density at radius 1 is 1.12 bits per heavy atom. The summed E-state index contributed by atoms with van der Waals surface area (Å²) in [5.74, 6) is -0.369. The summed E-state index contributed by atoms with van der Waals surface area (Å²) in [5, 5.41) is 16.4. The highest BCUT2D eigenvalue weighted by Gasteiger charge is 2.34. The molecular formula is C20H28N2O3. The number of amides is 2. The molecular weight excluding hydrogens is 316 g/mol. The van der Waals surface area contributed by atoms with Crippen molar-refractivity contribution in [2.24, 2.45) is 0 Å². The van der Waals surface area contributed by atoms with Gasteiger partial charge in [0.1, 0.15) is 6.04 Å². The topological polar surface area (TPSA) is 78.4 Å². The lowest BCUT2D eigenvalue weighted by molar-refractivity contribution is -0.132. The SMILES string of the molecule is O=C(CC1(O)CCCCC1)NC(Cc1ccccc1)C(=O)NC1CC1. The van der Waals surface area contributed by atoms with Crippen LogP contribution in [0.4, 0.5) is 0 Å². The molecule has 5 nitrogen and oxygen atoms in total. The van der Waals surface area contributed by atoms with Crippen LogP contribution >= 0.6 is 0 Å². The first-order chi connectivity index (χ1) is 12.0. The lowest BCUT2D eigenvalue weighted by Crippen LogP contribution is -2.50. The minimum Gasteiger partial charge on any atom is -0.389 e. The van der Waals surface area contributed by atoms with Gasteiger partial charge in [-0.2, -0.15) is 0 Å². The first-order valence-electron chi connectivity index (χ1n) is 9.40.